The van der Waals surface area contributed by atoms with Gasteiger partial charge in [-0.05, 0) is 48.0 Å². The maximum absolute atomic E-state index is 13.6. The predicted molar refractivity (Wildman–Crippen MR) is 181 cm³/mol. The number of Topliss-reactive ketones (excluding diaryl/α,β-unsaturated/α-hetero) is 1. The molecule has 1 aliphatic heterocycles. The van der Waals surface area contributed by atoms with Gasteiger partial charge in [0, 0.05) is 17.5 Å². The summed E-state index contributed by atoms with van der Waals surface area (Å²) in [6, 6.07) is 35.6. The van der Waals surface area contributed by atoms with Crippen LogP contribution in [-0.4, -0.2) is 47.5 Å². The van der Waals surface area contributed by atoms with Gasteiger partial charge < -0.3 is 9.47 Å². The number of ether oxygens (including phenoxy) is 2. The first-order chi connectivity index (χ1) is 23.4. The Kier molecular flexibility index (Phi) is 9.41. The summed E-state index contributed by atoms with van der Waals surface area (Å²) in [5, 5.41) is 9.77. The smallest absolute Gasteiger partial charge is 0.338 e. The Morgan fingerprint density at radius 2 is 1.54 bits per heavy atom. The second-order valence-corrected chi connectivity index (χ2v) is 11.9. The number of esters is 1. The van der Waals surface area contributed by atoms with Crippen molar-refractivity contribution in [1.82, 2.24) is 4.98 Å². The van der Waals surface area contributed by atoms with Crippen LogP contribution in [0, 0.1) is 11.3 Å². The van der Waals surface area contributed by atoms with E-state index in [1.807, 2.05) is 66.7 Å². The second kappa shape index (κ2) is 14.2. The molecule has 0 spiro atoms. The van der Waals surface area contributed by atoms with Crippen LogP contribution in [0.1, 0.15) is 32.7 Å². The quantitative estimate of drug-likeness (QED) is 0.0913. The number of thioether (sulfide) groups is 1. The molecule has 2 heterocycles. The molecular weight excluding hydrogens is 627 g/mol. The summed E-state index contributed by atoms with van der Waals surface area (Å²) >= 11 is 1.09. The number of carbonyl (C=O) groups is 4. The first kappa shape index (κ1) is 31.9. The van der Waals surface area contributed by atoms with E-state index in [1.165, 1.54) is 31.4 Å². The van der Waals surface area contributed by atoms with Crippen LogP contribution in [0.25, 0.3) is 22.4 Å². The number of anilines is 1. The number of imide groups is 1. The molecule has 1 unspecified atom stereocenters. The zero-order valence-corrected chi connectivity index (χ0v) is 26.5. The number of rotatable bonds is 10. The molecule has 1 aliphatic rings. The Hall–Kier alpha value is -6.05. The first-order valence-electron chi connectivity index (χ1n) is 14.9. The number of pyridine rings is 1. The van der Waals surface area contributed by atoms with Gasteiger partial charge in [-0.15, -0.1) is 0 Å². The van der Waals surface area contributed by atoms with Gasteiger partial charge in [0.2, 0.25) is 17.6 Å². The van der Waals surface area contributed by atoms with Gasteiger partial charge in [-0.2, -0.15) is 5.26 Å². The molecule has 1 saturated heterocycles. The summed E-state index contributed by atoms with van der Waals surface area (Å²) < 4.78 is 10.4. The second-order valence-electron chi connectivity index (χ2n) is 10.7. The standard InChI is InChI=1S/C38H27N3O6S/c1-46-33-15-9-8-14-28(33)32(42)23-47-38(45)26-16-18-27(19-17-26)41-35(43)21-34(37(41)44)48-36-30(22-39)29(24-10-4-2-5-11-24)20-31(40-36)25-12-6-3-7-13-25/h2-20,34H,21,23H2,1H3. The molecule has 0 aliphatic carbocycles. The maximum atomic E-state index is 13.6. The minimum absolute atomic E-state index is 0.0961. The molecule has 1 aromatic heterocycles. The van der Waals surface area contributed by atoms with E-state index in [4.69, 9.17) is 14.5 Å². The van der Waals surface area contributed by atoms with Crippen molar-refractivity contribution < 1.29 is 28.7 Å². The summed E-state index contributed by atoms with van der Waals surface area (Å²) in [6.45, 7) is -0.487. The number of ketones is 1. The molecule has 0 radical (unpaired) electrons. The van der Waals surface area contributed by atoms with Crippen LogP contribution >= 0.6 is 11.8 Å². The fourth-order valence-corrected chi connectivity index (χ4v) is 6.46. The normalized spacial score (nSPS) is 14.0. The topological polar surface area (TPSA) is 127 Å². The van der Waals surface area contributed by atoms with Gasteiger partial charge in [-0.25, -0.2) is 14.7 Å². The van der Waals surface area contributed by atoms with E-state index in [0.717, 1.165) is 27.8 Å². The summed E-state index contributed by atoms with van der Waals surface area (Å²) in [6.07, 6.45) is -0.0961. The highest BCUT2D eigenvalue weighted by atomic mass is 32.2. The lowest BCUT2D eigenvalue weighted by molar-refractivity contribution is -0.121. The van der Waals surface area contributed by atoms with Crippen LogP contribution in [0.3, 0.4) is 0 Å². The first-order valence-corrected chi connectivity index (χ1v) is 15.8. The number of para-hydroxylation sites is 1. The summed E-state index contributed by atoms with van der Waals surface area (Å²) in [5.41, 5.74) is 4.02. The van der Waals surface area contributed by atoms with Crippen molar-refractivity contribution in [2.45, 2.75) is 16.7 Å². The highest BCUT2D eigenvalue weighted by Crippen LogP contribution is 2.39. The van der Waals surface area contributed by atoms with Crippen molar-refractivity contribution in [2.75, 3.05) is 18.6 Å². The summed E-state index contributed by atoms with van der Waals surface area (Å²) in [5.74, 6) is -1.66. The van der Waals surface area contributed by atoms with E-state index in [9.17, 15) is 24.4 Å². The fourth-order valence-electron chi connectivity index (χ4n) is 5.33. The zero-order valence-electron chi connectivity index (χ0n) is 25.7. The van der Waals surface area contributed by atoms with E-state index in [0.29, 0.717) is 33.2 Å². The lowest BCUT2D eigenvalue weighted by atomic mass is 9.99. The van der Waals surface area contributed by atoms with Crippen LogP contribution < -0.4 is 9.64 Å². The minimum atomic E-state index is -0.822. The van der Waals surface area contributed by atoms with Gasteiger partial charge in [0.25, 0.3) is 0 Å². The number of amides is 2. The Morgan fingerprint density at radius 1 is 0.896 bits per heavy atom. The number of benzene rings is 4. The maximum Gasteiger partial charge on any atom is 0.338 e. The molecule has 48 heavy (non-hydrogen) atoms. The molecule has 4 aromatic carbocycles. The highest BCUT2D eigenvalue weighted by molar-refractivity contribution is 8.00. The summed E-state index contributed by atoms with van der Waals surface area (Å²) in [7, 11) is 1.45. The number of aromatic nitrogens is 1. The van der Waals surface area contributed by atoms with Crippen LogP contribution in [-0.2, 0) is 14.3 Å². The van der Waals surface area contributed by atoms with Crippen molar-refractivity contribution in [3.63, 3.8) is 0 Å². The van der Waals surface area contributed by atoms with Crippen LogP contribution in [0.15, 0.2) is 120 Å². The number of nitriles is 1. The Balaban J connectivity index is 1.20. The van der Waals surface area contributed by atoms with E-state index < -0.39 is 35.4 Å². The average Bonchev–Trinajstić information content (AvgIpc) is 3.42. The Morgan fingerprint density at radius 3 is 2.21 bits per heavy atom. The van der Waals surface area contributed by atoms with E-state index >= 15 is 0 Å². The Bertz CT molecular complexity index is 2060. The molecule has 0 saturated carbocycles. The average molecular weight is 654 g/mol. The van der Waals surface area contributed by atoms with Gasteiger partial charge in [-0.3, -0.25) is 14.4 Å². The van der Waals surface area contributed by atoms with Crippen molar-refractivity contribution in [2.24, 2.45) is 0 Å². The van der Waals surface area contributed by atoms with Crippen molar-refractivity contribution >= 4 is 41.0 Å². The third kappa shape index (κ3) is 6.58. The van der Waals surface area contributed by atoms with Gasteiger partial charge in [0.05, 0.1) is 40.4 Å². The predicted octanol–water partition coefficient (Wildman–Crippen LogP) is 6.76. The number of carbonyl (C=O) groups excluding carboxylic acids is 4. The highest BCUT2D eigenvalue weighted by Gasteiger charge is 2.41. The van der Waals surface area contributed by atoms with Gasteiger partial charge in [0.15, 0.2) is 6.61 Å². The molecule has 0 N–H and O–H groups in total. The number of methoxy groups -OCH3 is 1. The monoisotopic (exact) mass is 653 g/mol. The largest absolute Gasteiger partial charge is 0.496 e. The van der Waals surface area contributed by atoms with Crippen LogP contribution in [0.2, 0.25) is 0 Å². The lowest BCUT2D eigenvalue weighted by Crippen LogP contribution is -2.31. The van der Waals surface area contributed by atoms with E-state index in [-0.39, 0.29) is 17.7 Å². The number of hydrogen-bond acceptors (Lipinski definition) is 9. The lowest BCUT2D eigenvalue weighted by Gasteiger charge is -2.16. The zero-order chi connectivity index (χ0) is 33.6. The summed E-state index contributed by atoms with van der Waals surface area (Å²) in [4.78, 5) is 57.9. The van der Waals surface area contributed by atoms with Crippen molar-refractivity contribution in [1.29, 1.82) is 5.26 Å². The van der Waals surface area contributed by atoms with Crippen molar-refractivity contribution in [3.05, 3.63) is 132 Å². The van der Waals surface area contributed by atoms with Crippen LogP contribution in [0.4, 0.5) is 5.69 Å². The Labute approximate surface area is 280 Å². The molecular formula is C38H27N3O6S. The van der Waals surface area contributed by atoms with Gasteiger partial charge in [-0.1, -0.05) is 84.6 Å². The molecule has 10 heteroatoms. The molecule has 1 atom stereocenters. The van der Waals surface area contributed by atoms with Crippen LogP contribution in [0.5, 0.6) is 5.75 Å². The number of hydrogen-bond donors (Lipinski definition) is 0. The van der Waals surface area contributed by atoms with E-state index in [1.54, 1.807) is 24.3 Å². The van der Waals surface area contributed by atoms with Crippen molar-refractivity contribution in [3.8, 4) is 34.2 Å². The number of nitrogens with zero attached hydrogens (tertiary/aromatic N) is 3. The fraction of sp³-hybridized carbons (Fsp3) is 0.105. The van der Waals surface area contributed by atoms with E-state index in [2.05, 4.69) is 6.07 Å². The third-order valence-electron chi connectivity index (χ3n) is 7.71. The molecule has 0 bridgehead atoms. The molecule has 9 nitrogen and oxygen atoms in total. The molecule has 5 aromatic rings. The minimum Gasteiger partial charge on any atom is -0.496 e. The third-order valence-corrected chi connectivity index (χ3v) is 8.89. The molecule has 6 rings (SSSR count). The van der Waals surface area contributed by atoms with Gasteiger partial charge in [0.1, 0.15) is 16.8 Å². The molecule has 2 amide bonds. The molecule has 236 valence electrons. The van der Waals surface area contributed by atoms with Gasteiger partial charge >= 0.3 is 5.97 Å². The SMILES string of the molecule is COc1ccccc1C(=O)COC(=O)c1ccc(N2C(=O)CC(Sc3nc(-c4ccccc4)cc(-c4ccccc4)c3C#N)C2=O)cc1. The molecule has 1 fully saturated rings.